The first-order valence-corrected chi connectivity index (χ1v) is 9.69. The maximum atomic E-state index is 11.8. The predicted molar refractivity (Wildman–Crippen MR) is 110 cm³/mol. The van der Waals surface area contributed by atoms with Crippen LogP contribution in [0.15, 0.2) is 53.6 Å². The van der Waals surface area contributed by atoms with Crippen LogP contribution in [0.25, 0.3) is 0 Å². The molecule has 1 atom stereocenters. The molecule has 2 aromatic rings. The Labute approximate surface area is 174 Å². The van der Waals surface area contributed by atoms with E-state index in [1.54, 1.807) is 18.2 Å². The number of amides is 2. The fourth-order valence-corrected chi connectivity index (χ4v) is 3.00. The Morgan fingerprint density at radius 1 is 1.21 bits per heavy atom. The molecule has 7 nitrogen and oxygen atoms in total. The van der Waals surface area contributed by atoms with Crippen molar-refractivity contribution in [2.45, 2.75) is 25.6 Å². The van der Waals surface area contributed by atoms with Gasteiger partial charge in [0.2, 0.25) is 0 Å². The summed E-state index contributed by atoms with van der Waals surface area (Å²) in [6.07, 6.45) is 3.22. The first kappa shape index (κ1) is 20.8. The topological polar surface area (TPSA) is 89.0 Å². The third kappa shape index (κ3) is 6.58. The zero-order chi connectivity index (χ0) is 20.5. The van der Waals surface area contributed by atoms with Gasteiger partial charge >= 0.3 is 11.8 Å². The monoisotopic (exact) mass is 415 g/mol. The van der Waals surface area contributed by atoms with Crippen LogP contribution < -0.4 is 15.5 Å². The van der Waals surface area contributed by atoms with Crippen LogP contribution in [0.3, 0.4) is 0 Å². The molecule has 1 heterocycles. The van der Waals surface area contributed by atoms with E-state index in [9.17, 15) is 9.59 Å². The maximum absolute atomic E-state index is 11.8. The van der Waals surface area contributed by atoms with Gasteiger partial charge in [-0.05, 0) is 42.2 Å². The van der Waals surface area contributed by atoms with Gasteiger partial charge in [-0.3, -0.25) is 9.59 Å². The number of halogens is 1. The van der Waals surface area contributed by atoms with Gasteiger partial charge in [-0.25, -0.2) is 5.43 Å². The molecule has 29 heavy (non-hydrogen) atoms. The van der Waals surface area contributed by atoms with Crippen molar-refractivity contribution in [3.8, 4) is 5.75 Å². The van der Waals surface area contributed by atoms with Crippen molar-refractivity contribution in [2.75, 3.05) is 13.2 Å². The predicted octanol–water partition coefficient (Wildman–Crippen LogP) is 2.66. The molecule has 1 aliphatic heterocycles. The minimum absolute atomic E-state index is 0.0278. The number of hydrazone groups is 1. The van der Waals surface area contributed by atoms with Crippen molar-refractivity contribution < 1.29 is 19.1 Å². The molecule has 3 rings (SSSR count). The second-order valence-corrected chi connectivity index (χ2v) is 6.92. The van der Waals surface area contributed by atoms with Gasteiger partial charge < -0.3 is 14.8 Å². The smallest absolute Gasteiger partial charge is 0.329 e. The Hall–Kier alpha value is -2.90. The van der Waals surface area contributed by atoms with E-state index in [2.05, 4.69) is 15.8 Å². The van der Waals surface area contributed by atoms with Crippen molar-refractivity contribution in [3.05, 3.63) is 64.7 Å². The van der Waals surface area contributed by atoms with E-state index in [1.807, 2.05) is 30.3 Å². The van der Waals surface area contributed by atoms with Crippen molar-refractivity contribution in [1.82, 2.24) is 10.7 Å². The zero-order valence-corrected chi connectivity index (χ0v) is 16.5. The van der Waals surface area contributed by atoms with E-state index in [0.717, 1.165) is 18.4 Å². The second kappa shape index (κ2) is 10.6. The Kier molecular flexibility index (Phi) is 7.61. The molecule has 0 unspecified atom stereocenters. The lowest BCUT2D eigenvalue weighted by Crippen LogP contribution is -2.41. The number of nitrogens with zero attached hydrogens (tertiary/aromatic N) is 1. The first-order chi connectivity index (χ1) is 14.1. The average Bonchev–Trinajstić information content (AvgIpc) is 3.26. The van der Waals surface area contributed by atoms with Gasteiger partial charge in [0.05, 0.1) is 17.3 Å². The zero-order valence-electron chi connectivity index (χ0n) is 15.8. The standard InChI is InChI=1S/C21H22ClN3O4/c22-18-11-16(8-9-19(18)29-14-15-5-2-1-3-6-15)12-24-25-21(27)20(26)23-13-17-7-4-10-28-17/h1-3,5-6,8-9,11-12,17H,4,7,10,13-14H2,(H,23,26)(H,25,27)/b24-12-/t17-/m0/s1. The molecule has 1 saturated heterocycles. The molecule has 2 aromatic carbocycles. The van der Waals surface area contributed by atoms with Crippen molar-refractivity contribution in [3.63, 3.8) is 0 Å². The fourth-order valence-electron chi connectivity index (χ4n) is 2.76. The van der Waals surface area contributed by atoms with E-state index in [-0.39, 0.29) is 6.10 Å². The molecule has 0 radical (unpaired) electrons. The minimum Gasteiger partial charge on any atom is -0.487 e. The highest BCUT2D eigenvalue weighted by Gasteiger charge is 2.18. The van der Waals surface area contributed by atoms with Gasteiger partial charge in [0.1, 0.15) is 12.4 Å². The molecule has 1 fully saturated rings. The molecular formula is C21H22ClN3O4. The van der Waals surface area contributed by atoms with E-state index < -0.39 is 11.8 Å². The molecule has 8 heteroatoms. The van der Waals surface area contributed by atoms with Crippen molar-refractivity contribution in [2.24, 2.45) is 5.10 Å². The number of rotatable bonds is 7. The third-order valence-electron chi connectivity index (χ3n) is 4.29. The van der Waals surface area contributed by atoms with Crippen LogP contribution >= 0.6 is 11.6 Å². The summed E-state index contributed by atoms with van der Waals surface area (Å²) in [5.41, 5.74) is 3.88. The summed E-state index contributed by atoms with van der Waals surface area (Å²) in [7, 11) is 0. The van der Waals surface area contributed by atoms with E-state index in [4.69, 9.17) is 21.1 Å². The van der Waals surface area contributed by atoms with Crippen LogP contribution in [0.5, 0.6) is 5.75 Å². The second-order valence-electron chi connectivity index (χ2n) is 6.51. The molecular weight excluding hydrogens is 394 g/mol. The number of carbonyl (C=O) groups is 2. The lowest BCUT2D eigenvalue weighted by Gasteiger charge is -2.09. The Bertz CT molecular complexity index is 867. The molecule has 0 aromatic heterocycles. The Balaban J connectivity index is 1.45. The fraction of sp³-hybridized carbons (Fsp3) is 0.286. The summed E-state index contributed by atoms with van der Waals surface area (Å²) in [6.45, 7) is 1.41. The summed E-state index contributed by atoms with van der Waals surface area (Å²) in [4.78, 5) is 23.5. The maximum Gasteiger partial charge on any atom is 0.329 e. The summed E-state index contributed by atoms with van der Waals surface area (Å²) in [5.74, 6) is -1.04. The summed E-state index contributed by atoms with van der Waals surface area (Å²) < 4.78 is 11.1. The highest BCUT2D eigenvalue weighted by Crippen LogP contribution is 2.25. The van der Waals surface area contributed by atoms with E-state index in [0.29, 0.717) is 36.1 Å². The Morgan fingerprint density at radius 3 is 2.76 bits per heavy atom. The van der Waals surface area contributed by atoms with Crippen LogP contribution in [-0.2, 0) is 20.9 Å². The number of ether oxygens (including phenoxy) is 2. The van der Waals surface area contributed by atoms with Crippen LogP contribution in [0.1, 0.15) is 24.0 Å². The summed E-state index contributed by atoms with van der Waals surface area (Å²) >= 11 is 6.24. The number of benzene rings is 2. The normalized spacial score (nSPS) is 16.0. The molecule has 0 saturated carbocycles. The number of hydrogen-bond donors (Lipinski definition) is 2. The highest BCUT2D eigenvalue weighted by atomic mass is 35.5. The minimum atomic E-state index is -0.840. The van der Waals surface area contributed by atoms with Gasteiger partial charge in [-0.2, -0.15) is 5.10 Å². The van der Waals surface area contributed by atoms with E-state index >= 15 is 0 Å². The van der Waals surface area contributed by atoms with Crippen molar-refractivity contribution in [1.29, 1.82) is 0 Å². The quantitative estimate of drug-likeness (QED) is 0.413. The number of carbonyl (C=O) groups excluding carboxylic acids is 2. The number of hydrogen-bond acceptors (Lipinski definition) is 5. The molecule has 1 aliphatic rings. The molecule has 2 N–H and O–H groups in total. The largest absolute Gasteiger partial charge is 0.487 e. The highest BCUT2D eigenvalue weighted by molar-refractivity contribution is 6.35. The van der Waals surface area contributed by atoms with Gasteiger partial charge in [0.25, 0.3) is 0 Å². The number of nitrogens with one attached hydrogen (secondary N) is 2. The van der Waals surface area contributed by atoms with Crippen LogP contribution in [0.2, 0.25) is 5.02 Å². The van der Waals surface area contributed by atoms with Crippen LogP contribution in [0, 0.1) is 0 Å². The first-order valence-electron chi connectivity index (χ1n) is 9.31. The molecule has 2 amide bonds. The van der Waals surface area contributed by atoms with Crippen LogP contribution in [0.4, 0.5) is 0 Å². The van der Waals surface area contributed by atoms with Gasteiger partial charge in [0.15, 0.2) is 0 Å². The van der Waals surface area contributed by atoms with Gasteiger partial charge in [-0.15, -0.1) is 0 Å². The molecule has 0 bridgehead atoms. The molecule has 0 spiro atoms. The third-order valence-corrected chi connectivity index (χ3v) is 4.59. The van der Waals surface area contributed by atoms with Crippen molar-refractivity contribution >= 4 is 29.6 Å². The summed E-state index contributed by atoms with van der Waals surface area (Å²) in [5, 5.41) is 6.74. The Morgan fingerprint density at radius 2 is 2.03 bits per heavy atom. The van der Waals surface area contributed by atoms with Crippen LogP contribution in [-0.4, -0.2) is 37.3 Å². The lowest BCUT2D eigenvalue weighted by atomic mass is 10.2. The lowest BCUT2D eigenvalue weighted by molar-refractivity contribution is -0.139. The SMILES string of the molecule is O=C(NC[C@@H]1CCCO1)C(=O)N/N=C\c1ccc(OCc2ccccc2)c(Cl)c1. The average molecular weight is 416 g/mol. The van der Waals surface area contributed by atoms with E-state index in [1.165, 1.54) is 6.21 Å². The summed E-state index contributed by atoms with van der Waals surface area (Å²) in [6, 6.07) is 14.9. The molecule has 152 valence electrons. The van der Waals surface area contributed by atoms with Gasteiger partial charge in [0, 0.05) is 13.2 Å². The molecule has 0 aliphatic carbocycles. The van der Waals surface area contributed by atoms with Gasteiger partial charge in [-0.1, -0.05) is 41.9 Å².